The third-order valence-electron chi connectivity index (χ3n) is 6.02. The van der Waals surface area contributed by atoms with Gasteiger partial charge in [-0.05, 0) is 29.2 Å². The van der Waals surface area contributed by atoms with Crippen LogP contribution in [0, 0.1) is 11.8 Å². The van der Waals surface area contributed by atoms with Gasteiger partial charge in [-0.25, -0.2) is 4.79 Å². The Morgan fingerprint density at radius 3 is 1.68 bits per heavy atom. The van der Waals surface area contributed by atoms with E-state index in [1.807, 2.05) is 48.5 Å². The number of rotatable bonds is 4. The van der Waals surface area contributed by atoms with Gasteiger partial charge in [0.05, 0.1) is 18.4 Å². The van der Waals surface area contributed by atoms with Gasteiger partial charge in [-0.1, -0.05) is 48.5 Å². The predicted molar refractivity (Wildman–Crippen MR) is 98.0 cm³/mol. The zero-order valence-corrected chi connectivity index (χ0v) is 15.3. The summed E-state index contributed by atoms with van der Waals surface area (Å²) in [5.74, 6) is -2.75. The Labute approximate surface area is 162 Å². The molecule has 0 aromatic heterocycles. The summed E-state index contributed by atoms with van der Waals surface area (Å²) in [6.07, 6.45) is 0. The number of carbonyl (C=O) groups excluding carboxylic acids is 3. The van der Waals surface area contributed by atoms with E-state index in [2.05, 4.69) is 0 Å². The van der Waals surface area contributed by atoms with Crippen LogP contribution in [-0.4, -0.2) is 36.1 Å². The fourth-order valence-electron chi connectivity index (χ4n) is 5.10. The maximum absolute atomic E-state index is 13.2. The van der Waals surface area contributed by atoms with E-state index in [9.17, 15) is 14.4 Å². The zero-order valence-electron chi connectivity index (χ0n) is 15.3. The van der Waals surface area contributed by atoms with Crippen molar-refractivity contribution in [2.45, 2.75) is 18.8 Å². The summed E-state index contributed by atoms with van der Waals surface area (Å²) in [7, 11) is 0. The molecule has 6 nitrogen and oxygen atoms in total. The van der Waals surface area contributed by atoms with Gasteiger partial charge in [-0.2, -0.15) is 5.06 Å². The SMILES string of the molecule is CCOC(=O)CON1C(=O)[C@@H]2C3c4ccccc4C(c4ccccc43)[C@@H]2C1=O. The molecular formula is C22H19NO5. The lowest BCUT2D eigenvalue weighted by Crippen LogP contribution is -2.41. The maximum Gasteiger partial charge on any atom is 0.334 e. The number of hydroxylamine groups is 2. The first-order chi connectivity index (χ1) is 13.6. The molecule has 4 aliphatic rings. The third-order valence-corrected chi connectivity index (χ3v) is 6.02. The quantitative estimate of drug-likeness (QED) is 0.604. The van der Waals surface area contributed by atoms with Crippen LogP contribution in [0.15, 0.2) is 48.5 Å². The Kier molecular flexibility index (Phi) is 3.84. The topological polar surface area (TPSA) is 72.9 Å². The lowest BCUT2D eigenvalue weighted by molar-refractivity contribution is -0.195. The van der Waals surface area contributed by atoms with Crippen LogP contribution in [0.1, 0.15) is 41.0 Å². The molecule has 28 heavy (non-hydrogen) atoms. The van der Waals surface area contributed by atoms with Crippen LogP contribution in [-0.2, 0) is 24.0 Å². The van der Waals surface area contributed by atoms with E-state index in [-0.39, 0.29) is 30.3 Å². The summed E-state index contributed by atoms with van der Waals surface area (Å²) < 4.78 is 4.83. The fourth-order valence-corrected chi connectivity index (χ4v) is 5.10. The molecule has 2 aromatic rings. The van der Waals surface area contributed by atoms with Gasteiger partial charge in [0.1, 0.15) is 0 Å². The van der Waals surface area contributed by atoms with Crippen LogP contribution < -0.4 is 0 Å². The number of hydrogen-bond donors (Lipinski definition) is 0. The Morgan fingerprint density at radius 1 is 0.857 bits per heavy atom. The van der Waals surface area contributed by atoms with E-state index in [1.165, 1.54) is 0 Å². The second-order valence-electron chi connectivity index (χ2n) is 7.31. The zero-order chi connectivity index (χ0) is 19.4. The standard InChI is InChI=1S/C22H19NO5/c1-2-27-16(24)11-28-23-21(25)19-17-12-7-3-4-8-13(12)18(20(19)22(23)26)15-10-6-5-9-14(15)17/h3-10,17-20H,2,11H2,1H3/t17?,18?,19-,20+. The fraction of sp³-hybridized carbons (Fsp3) is 0.318. The van der Waals surface area contributed by atoms with Crippen LogP contribution >= 0.6 is 0 Å². The van der Waals surface area contributed by atoms with E-state index in [0.717, 1.165) is 27.3 Å². The van der Waals surface area contributed by atoms with Gasteiger partial charge in [0.15, 0.2) is 6.61 Å². The highest BCUT2D eigenvalue weighted by atomic mass is 16.7. The highest BCUT2D eigenvalue weighted by molar-refractivity contribution is 6.06. The number of ether oxygens (including phenoxy) is 1. The van der Waals surface area contributed by atoms with Crippen molar-refractivity contribution in [2.75, 3.05) is 13.2 Å². The molecular weight excluding hydrogens is 358 g/mol. The Balaban J connectivity index is 1.56. The first-order valence-corrected chi connectivity index (χ1v) is 9.47. The molecule has 1 saturated heterocycles. The summed E-state index contributed by atoms with van der Waals surface area (Å²) in [5.41, 5.74) is 4.39. The van der Waals surface area contributed by atoms with E-state index in [0.29, 0.717) is 0 Å². The molecule has 0 radical (unpaired) electrons. The largest absolute Gasteiger partial charge is 0.464 e. The Morgan fingerprint density at radius 2 is 1.29 bits per heavy atom. The van der Waals surface area contributed by atoms with Gasteiger partial charge in [-0.15, -0.1) is 0 Å². The molecule has 2 bridgehead atoms. The maximum atomic E-state index is 13.2. The molecule has 1 fully saturated rings. The highest BCUT2D eigenvalue weighted by Gasteiger charge is 2.62. The molecule has 0 unspecified atom stereocenters. The normalized spacial score (nSPS) is 26.7. The lowest BCUT2D eigenvalue weighted by Gasteiger charge is -2.45. The molecule has 0 saturated carbocycles. The van der Waals surface area contributed by atoms with E-state index < -0.39 is 24.4 Å². The summed E-state index contributed by atoms with van der Waals surface area (Å²) in [6.45, 7) is 1.44. The average Bonchev–Trinajstić information content (AvgIpc) is 2.97. The molecule has 1 heterocycles. The van der Waals surface area contributed by atoms with E-state index in [1.54, 1.807) is 6.92 Å². The van der Waals surface area contributed by atoms with Crippen LogP contribution in [0.2, 0.25) is 0 Å². The number of benzene rings is 2. The second-order valence-corrected chi connectivity index (χ2v) is 7.31. The number of nitrogens with zero attached hydrogens (tertiary/aromatic N) is 1. The summed E-state index contributed by atoms with van der Waals surface area (Å²) in [4.78, 5) is 43.3. The molecule has 6 heteroatoms. The third kappa shape index (κ3) is 2.21. The van der Waals surface area contributed by atoms with Crippen LogP contribution in [0.25, 0.3) is 0 Å². The van der Waals surface area contributed by atoms with Crippen molar-refractivity contribution in [3.05, 3.63) is 70.8 Å². The van der Waals surface area contributed by atoms with Crippen molar-refractivity contribution in [2.24, 2.45) is 11.8 Å². The highest BCUT2D eigenvalue weighted by Crippen LogP contribution is 2.60. The first kappa shape index (κ1) is 17.1. The van der Waals surface area contributed by atoms with Gasteiger partial charge < -0.3 is 4.74 Å². The van der Waals surface area contributed by atoms with Crippen molar-refractivity contribution in [1.29, 1.82) is 0 Å². The van der Waals surface area contributed by atoms with Crippen molar-refractivity contribution in [1.82, 2.24) is 5.06 Å². The number of hydrogen-bond acceptors (Lipinski definition) is 5. The molecule has 2 atom stereocenters. The number of carbonyl (C=O) groups is 3. The second kappa shape index (κ2) is 6.27. The van der Waals surface area contributed by atoms with Gasteiger partial charge in [0.2, 0.25) is 0 Å². The number of esters is 1. The molecule has 3 aliphatic carbocycles. The van der Waals surface area contributed by atoms with Crippen molar-refractivity contribution < 1.29 is 24.0 Å². The Hall–Kier alpha value is -2.99. The van der Waals surface area contributed by atoms with Gasteiger partial charge in [-0.3, -0.25) is 14.4 Å². The summed E-state index contributed by atoms with van der Waals surface area (Å²) in [6, 6.07) is 16.0. The number of imide groups is 1. The lowest BCUT2D eigenvalue weighted by atomic mass is 9.55. The molecule has 142 valence electrons. The van der Waals surface area contributed by atoms with Crippen molar-refractivity contribution in [3.8, 4) is 0 Å². The smallest absolute Gasteiger partial charge is 0.334 e. The summed E-state index contributed by atoms with van der Waals surface area (Å²) >= 11 is 0. The van der Waals surface area contributed by atoms with Crippen LogP contribution in [0.4, 0.5) is 0 Å². The predicted octanol–water partition coefficient (Wildman–Crippen LogP) is 2.37. The van der Waals surface area contributed by atoms with Crippen LogP contribution in [0.3, 0.4) is 0 Å². The minimum atomic E-state index is -0.604. The molecule has 0 spiro atoms. The first-order valence-electron chi connectivity index (χ1n) is 9.47. The van der Waals surface area contributed by atoms with Crippen molar-refractivity contribution in [3.63, 3.8) is 0 Å². The molecule has 6 rings (SSSR count). The average molecular weight is 377 g/mol. The molecule has 2 aromatic carbocycles. The van der Waals surface area contributed by atoms with Crippen LogP contribution in [0.5, 0.6) is 0 Å². The molecule has 0 N–H and O–H groups in total. The minimum absolute atomic E-state index is 0.185. The van der Waals surface area contributed by atoms with Crippen molar-refractivity contribution >= 4 is 17.8 Å². The van der Waals surface area contributed by atoms with Gasteiger partial charge in [0, 0.05) is 11.8 Å². The minimum Gasteiger partial charge on any atom is -0.464 e. The number of amides is 2. The molecule has 1 aliphatic heterocycles. The molecule has 2 amide bonds. The van der Waals surface area contributed by atoms with Gasteiger partial charge in [0.25, 0.3) is 11.8 Å². The van der Waals surface area contributed by atoms with Gasteiger partial charge >= 0.3 is 5.97 Å². The van der Waals surface area contributed by atoms with E-state index in [4.69, 9.17) is 9.57 Å². The summed E-state index contributed by atoms with van der Waals surface area (Å²) in [5, 5.41) is 0.796. The Bertz CT molecular complexity index is 884. The van der Waals surface area contributed by atoms with E-state index >= 15 is 0 Å². The monoisotopic (exact) mass is 377 g/mol.